The number of carbonyl (C=O) groups is 3. The van der Waals surface area contributed by atoms with Gasteiger partial charge >= 0.3 is 17.9 Å². The van der Waals surface area contributed by atoms with E-state index in [1.165, 1.54) is 148 Å². The van der Waals surface area contributed by atoms with Gasteiger partial charge in [-0.2, -0.15) is 0 Å². The average Bonchev–Trinajstić information content (AvgIpc) is 3.42. The van der Waals surface area contributed by atoms with Crippen molar-refractivity contribution in [1.29, 1.82) is 0 Å². The molecule has 0 amide bonds. The van der Waals surface area contributed by atoms with E-state index in [1.807, 2.05) is 0 Å². The Labute approximate surface area is 470 Å². The van der Waals surface area contributed by atoms with E-state index in [4.69, 9.17) is 14.2 Å². The molecule has 0 heterocycles. The SMILES string of the molecule is CC/C=C\C/C=C\C/C=C\C/C=C\C/C=C\CCCCCCCCCCCCCCCC(=O)OCC(COC(=O)CCCCCCC/C=C\C/C=C\CCCC)OC(=O)CCCCCCC/C=C\CCCCCCCC. The van der Waals surface area contributed by atoms with Crippen molar-refractivity contribution in [3.63, 3.8) is 0 Å². The molecule has 0 saturated heterocycles. The van der Waals surface area contributed by atoms with E-state index >= 15 is 0 Å². The van der Waals surface area contributed by atoms with Gasteiger partial charge in [0.2, 0.25) is 0 Å². The van der Waals surface area contributed by atoms with E-state index in [0.29, 0.717) is 19.3 Å². The molecule has 0 rings (SSSR count). The van der Waals surface area contributed by atoms with Crippen molar-refractivity contribution >= 4 is 17.9 Å². The van der Waals surface area contributed by atoms with E-state index < -0.39 is 6.10 Å². The molecule has 0 bridgehead atoms. The number of unbranched alkanes of at least 4 members (excludes halogenated alkanes) is 31. The van der Waals surface area contributed by atoms with Crippen molar-refractivity contribution < 1.29 is 28.6 Å². The molecule has 0 fully saturated rings. The molecule has 76 heavy (non-hydrogen) atoms. The summed E-state index contributed by atoms with van der Waals surface area (Å²) in [4.78, 5) is 38.3. The van der Waals surface area contributed by atoms with Gasteiger partial charge in [-0.25, -0.2) is 0 Å². The second-order valence-corrected chi connectivity index (χ2v) is 21.3. The first-order valence-corrected chi connectivity index (χ1v) is 32.2. The molecule has 1 unspecified atom stereocenters. The molecule has 0 N–H and O–H groups in total. The zero-order chi connectivity index (χ0) is 55.0. The van der Waals surface area contributed by atoms with Gasteiger partial charge in [-0.3, -0.25) is 14.4 Å². The summed E-state index contributed by atoms with van der Waals surface area (Å²) in [5.41, 5.74) is 0. The summed E-state index contributed by atoms with van der Waals surface area (Å²) in [6, 6.07) is 0. The summed E-state index contributed by atoms with van der Waals surface area (Å²) in [6.45, 7) is 6.48. The van der Waals surface area contributed by atoms with Crippen molar-refractivity contribution in [2.24, 2.45) is 0 Å². The number of rotatable bonds is 58. The summed E-state index contributed by atoms with van der Waals surface area (Å²) in [5.74, 6) is -0.899. The van der Waals surface area contributed by atoms with Crippen LogP contribution in [0.15, 0.2) is 97.2 Å². The molecule has 0 aliphatic heterocycles. The number of esters is 3. The Morgan fingerprint density at radius 3 is 0.855 bits per heavy atom. The van der Waals surface area contributed by atoms with Gasteiger partial charge in [0, 0.05) is 19.3 Å². The number of hydrogen-bond acceptors (Lipinski definition) is 6. The lowest BCUT2D eigenvalue weighted by Crippen LogP contribution is -2.30. The molecule has 0 aliphatic carbocycles. The molecule has 6 nitrogen and oxygen atoms in total. The maximum absolute atomic E-state index is 12.9. The molecule has 0 aromatic heterocycles. The molecule has 0 aromatic carbocycles. The van der Waals surface area contributed by atoms with Gasteiger partial charge in [-0.1, -0.05) is 272 Å². The number of carbonyl (C=O) groups excluding carboxylic acids is 3. The summed E-state index contributed by atoms with van der Waals surface area (Å²) in [5, 5.41) is 0. The molecule has 0 saturated carbocycles. The maximum atomic E-state index is 12.9. The Hall–Kier alpha value is -3.67. The van der Waals surface area contributed by atoms with Crippen molar-refractivity contribution in [2.75, 3.05) is 13.2 Å². The van der Waals surface area contributed by atoms with Gasteiger partial charge in [0.05, 0.1) is 0 Å². The first-order valence-electron chi connectivity index (χ1n) is 32.2. The van der Waals surface area contributed by atoms with Gasteiger partial charge < -0.3 is 14.2 Å². The lowest BCUT2D eigenvalue weighted by atomic mass is 10.0. The van der Waals surface area contributed by atoms with Crippen LogP contribution < -0.4 is 0 Å². The molecular weight excluding hydrogens is 937 g/mol. The van der Waals surface area contributed by atoms with Crippen LogP contribution in [0.3, 0.4) is 0 Å². The summed E-state index contributed by atoms with van der Waals surface area (Å²) < 4.78 is 16.9. The van der Waals surface area contributed by atoms with E-state index in [0.717, 1.165) is 122 Å². The average molecular weight is 1060 g/mol. The van der Waals surface area contributed by atoms with Gasteiger partial charge in [-0.05, 0) is 116 Å². The minimum absolute atomic E-state index is 0.0844. The molecule has 1 atom stereocenters. The Bertz CT molecular complexity index is 1490. The molecule has 436 valence electrons. The summed E-state index contributed by atoms with van der Waals surface area (Å²) in [7, 11) is 0. The van der Waals surface area contributed by atoms with Crippen LogP contribution in [0.25, 0.3) is 0 Å². The van der Waals surface area contributed by atoms with E-state index in [1.54, 1.807) is 0 Å². The topological polar surface area (TPSA) is 78.9 Å². The van der Waals surface area contributed by atoms with Gasteiger partial charge in [-0.15, -0.1) is 0 Å². The van der Waals surface area contributed by atoms with Crippen LogP contribution in [-0.2, 0) is 28.6 Å². The highest BCUT2D eigenvalue weighted by Crippen LogP contribution is 2.16. The smallest absolute Gasteiger partial charge is 0.306 e. The first kappa shape index (κ1) is 72.3. The highest BCUT2D eigenvalue weighted by atomic mass is 16.6. The monoisotopic (exact) mass is 1060 g/mol. The lowest BCUT2D eigenvalue weighted by Gasteiger charge is -2.18. The third kappa shape index (κ3) is 61.2. The zero-order valence-corrected chi connectivity index (χ0v) is 50.0. The zero-order valence-electron chi connectivity index (χ0n) is 50.0. The summed E-state index contributed by atoms with van der Waals surface area (Å²) >= 11 is 0. The normalized spacial score (nSPS) is 12.7. The van der Waals surface area contributed by atoms with E-state index in [-0.39, 0.29) is 31.1 Å². The third-order valence-corrected chi connectivity index (χ3v) is 13.8. The van der Waals surface area contributed by atoms with E-state index in [2.05, 4.69) is 118 Å². The number of ether oxygens (including phenoxy) is 3. The standard InChI is InChI=1S/C70H120O6/c1-4-7-10-13-16-19-22-25-28-29-30-31-32-33-34-35-36-37-38-39-40-41-43-45-48-51-54-57-60-63-69(72)75-66-67(65-74-68(71)62-59-56-53-50-47-44-27-24-21-18-15-12-9-6-3)76-70(73)64-61-58-55-52-49-46-42-26-23-20-17-14-11-8-5-2/h7,10,15-16,18-19,24-28,30-31,33-34,42,67H,4-6,8-9,11-14,17,20-23,29,32,35-41,43-66H2,1-3H3/b10-7-,18-15-,19-16-,27-24-,28-25-,31-30-,34-33-,42-26-. The molecule has 0 spiro atoms. The predicted molar refractivity (Wildman–Crippen MR) is 330 cm³/mol. The lowest BCUT2D eigenvalue weighted by molar-refractivity contribution is -0.167. The second-order valence-electron chi connectivity index (χ2n) is 21.3. The van der Waals surface area contributed by atoms with Crippen LogP contribution in [0.1, 0.15) is 310 Å². The van der Waals surface area contributed by atoms with Gasteiger partial charge in [0.15, 0.2) is 6.10 Å². The van der Waals surface area contributed by atoms with Crippen LogP contribution >= 0.6 is 0 Å². The third-order valence-electron chi connectivity index (χ3n) is 13.8. The van der Waals surface area contributed by atoms with Crippen LogP contribution in [0.5, 0.6) is 0 Å². The summed E-state index contributed by atoms with van der Waals surface area (Å²) in [6.07, 6.45) is 85.6. The van der Waals surface area contributed by atoms with Crippen molar-refractivity contribution in [2.45, 2.75) is 316 Å². The van der Waals surface area contributed by atoms with Crippen LogP contribution in [0.2, 0.25) is 0 Å². The predicted octanol–water partition coefficient (Wildman–Crippen LogP) is 22.0. The van der Waals surface area contributed by atoms with Gasteiger partial charge in [0.25, 0.3) is 0 Å². The van der Waals surface area contributed by atoms with E-state index in [9.17, 15) is 14.4 Å². The Balaban J connectivity index is 4.26. The number of hydrogen-bond donors (Lipinski definition) is 0. The largest absolute Gasteiger partial charge is 0.462 e. The molecular formula is C70H120O6. The van der Waals surface area contributed by atoms with Crippen molar-refractivity contribution in [3.8, 4) is 0 Å². The quantitative estimate of drug-likeness (QED) is 0.0261. The maximum Gasteiger partial charge on any atom is 0.306 e. The van der Waals surface area contributed by atoms with Crippen LogP contribution in [0.4, 0.5) is 0 Å². The fourth-order valence-electron chi connectivity index (χ4n) is 8.95. The Kier molecular flexibility index (Phi) is 60.8. The minimum Gasteiger partial charge on any atom is -0.462 e. The highest BCUT2D eigenvalue weighted by molar-refractivity contribution is 5.71. The van der Waals surface area contributed by atoms with Crippen molar-refractivity contribution in [1.82, 2.24) is 0 Å². The first-order chi connectivity index (χ1) is 37.5. The van der Waals surface area contributed by atoms with Crippen LogP contribution in [-0.4, -0.2) is 37.2 Å². The van der Waals surface area contributed by atoms with Crippen molar-refractivity contribution in [3.05, 3.63) is 97.2 Å². The fraction of sp³-hybridized carbons (Fsp3) is 0.729. The molecule has 0 radical (unpaired) electrons. The molecule has 0 aliphatic rings. The van der Waals surface area contributed by atoms with Gasteiger partial charge in [0.1, 0.15) is 13.2 Å². The van der Waals surface area contributed by atoms with Crippen LogP contribution in [0, 0.1) is 0 Å². The molecule has 0 aromatic rings. The Morgan fingerprint density at radius 2 is 0.526 bits per heavy atom. The minimum atomic E-state index is -0.788. The fourth-order valence-corrected chi connectivity index (χ4v) is 8.95. The number of allylic oxidation sites excluding steroid dienone is 16. The second kappa shape index (κ2) is 63.9. The molecule has 6 heteroatoms. The highest BCUT2D eigenvalue weighted by Gasteiger charge is 2.19. The Morgan fingerprint density at radius 1 is 0.276 bits per heavy atom.